The van der Waals surface area contributed by atoms with Crippen LogP contribution in [0.15, 0.2) is 116 Å². The highest BCUT2D eigenvalue weighted by molar-refractivity contribution is 6.91. The molecule has 3 heterocycles. The standard InChI is InChI=1S/C44H51N5O4Si/c1-30-41(23-16-31-14-17-34(18-15-31)46-43(51)26-33-27-45-39-13-9-8-12-37(33)39)53-42(44(30)54(3,4)36-21-19-35(52-2)20-22-36)24-25-49-28-40(47-48-49)38(29-50)32-10-6-5-7-11-32/h5-15,17-22,27-28,30,38,41-42,44-45,50H,16,23-26,29H2,1-4H3,(H,46,51)/t30-,38?,41+,42-,44+/m0/s1. The van der Waals surface area contributed by atoms with Crippen molar-refractivity contribution in [3.05, 3.63) is 138 Å². The van der Waals surface area contributed by atoms with E-state index in [0.717, 1.165) is 58.4 Å². The van der Waals surface area contributed by atoms with Crippen LogP contribution in [0.1, 0.15) is 48.1 Å². The zero-order valence-electron chi connectivity index (χ0n) is 31.6. The Labute approximate surface area is 318 Å². The van der Waals surface area contributed by atoms with Crippen LogP contribution in [0.3, 0.4) is 0 Å². The smallest absolute Gasteiger partial charge is 0.228 e. The van der Waals surface area contributed by atoms with Gasteiger partial charge in [-0.3, -0.25) is 9.48 Å². The summed E-state index contributed by atoms with van der Waals surface area (Å²) in [4.78, 5) is 16.2. The molecule has 280 valence electrons. The van der Waals surface area contributed by atoms with Crippen molar-refractivity contribution >= 4 is 35.8 Å². The van der Waals surface area contributed by atoms with E-state index in [2.05, 4.69) is 77.0 Å². The largest absolute Gasteiger partial charge is 0.497 e. The average molecular weight is 742 g/mol. The predicted octanol–water partition coefficient (Wildman–Crippen LogP) is 7.49. The van der Waals surface area contributed by atoms with E-state index < -0.39 is 8.07 Å². The second-order valence-electron chi connectivity index (χ2n) is 15.2. The number of methoxy groups -OCH3 is 1. The summed E-state index contributed by atoms with van der Waals surface area (Å²) in [7, 11) is -0.315. The van der Waals surface area contributed by atoms with Crippen molar-refractivity contribution in [2.24, 2.45) is 5.92 Å². The zero-order chi connectivity index (χ0) is 37.7. The summed E-state index contributed by atoms with van der Waals surface area (Å²) in [5.41, 5.74) is 6.23. The van der Waals surface area contributed by atoms with Crippen molar-refractivity contribution in [2.75, 3.05) is 19.0 Å². The lowest BCUT2D eigenvalue weighted by molar-refractivity contribution is -0.115. The lowest BCUT2D eigenvalue weighted by atomic mass is 9.95. The molecule has 1 aliphatic heterocycles. The van der Waals surface area contributed by atoms with E-state index in [1.54, 1.807) is 7.11 Å². The van der Waals surface area contributed by atoms with Crippen LogP contribution < -0.4 is 15.2 Å². The third-order valence-corrected chi connectivity index (χ3v) is 15.9. The molecule has 7 rings (SSSR count). The molecule has 9 nitrogen and oxygen atoms in total. The molecule has 5 atom stereocenters. The molecular weight excluding hydrogens is 691 g/mol. The maximum absolute atomic E-state index is 12.9. The minimum Gasteiger partial charge on any atom is -0.497 e. The summed E-state index contributed by atoms with van der Waals surface area (Å²) in [5, 5.41) is 24.7. The van der Waals surface area contributed by atoms with Crippen LogP contribution in [0, 0.1) is 5.92 Å². The summed E-state index contributed by atoms with van der Waals surface area (Å²) in [6, 6.07) is 34.9. The van der Waals surface area contributed by atoms with Gasteiger partial charge >= 0.3 is 0 Å². The molecule has 0 bridgehead atoms. The van der Waals surface area contributed by atoms with Crippen molar-refractivity contribution in [1.29, 1.82) is 0 Å². The molecule has 2 aromatic heterocycles. The van der Waals surface area contributed by atoms with Gasteiger partial charge in [-0.05, 0) is 77.7 Å². The molecule has 0 aliphatic carbocycles. The lowest BCUT2D eigenvalue weighted by Crippen LogP contribution is -2.50. The summed E-state index contributed by atoms with van der Waals surface area (Å²) < 4.78 is 14.4. The van der Waals surface area contributed by atoms with Crippen LogP contribution in [-0.4, -0.2) is 65.0 Å². The fraction of sp³-hybridized carbons (Fsp3) is 0.341. The Hall–Kier alpha value is -5.03. The fourth-order valence-electron chi connectivity index (χ4n) is 8.53. The molecule has 0 radical (unpaired) electrons. The van der Waals surface area contributed by atoms with Gasteiger partial charge in [0.25, 0.3) is 0 Å². The van der Waals surface area contributed by atoms with E-state index in [4.69, 9.17) is 9.47 Å². The SMILES string of the molecule is COc1ccc([Si](C)(C)[C@@H]2[C@@H](C)[C@@H](CCc3ccc(NC(=O)Cc4c[nH]c5ccccc45)cc3)O[C@H]2CCn2cc(C(CO)c3ccccc3)nn2)cc1. The van der Waals surface area contributed by atoms with E-state index in [9.17, 15) is 9.90 Å². The predicted molar refractivity (Wildman–Crippen MR) is 217 cm³/mol. The van der Waals surface area contributed by atoms with Gasteiger partial charge in [0, 0.05) is 35.5 Å². The molecule has 54 heavy (non-hydrogen) atoms. The Morgan fingerprint density at radius 3 is 2.44 bits per heavy atom. The number of ether oxygens (including phenoxy) is 2. The number of aryl methyl sites for hydroxylation is 2. The van der Waals surface area contributed by atoms with E-state index >= 15 is 0 Å². The topological polar surface area (TPSA) is 114 Å². The summed E-state index contributed by atoms with van der Waals surface area (Å²) in [5.74, 6) is 0.988. The van der Waals surface area contributed by atoms with Crippen LogP contribution in [0.4, 0.5) is 5.69 Å². The fourth-order valence-corrected chi connectivity index (χ4v) is 12.6. The Bertz CT molecular complexity index is 2130. The number of para-hydroxylation sites is 1. The minimum atomic E-state index is -2.02. The van der Waals surface area contributed by atoms with Gasteiger partial charge in [-0.1, -0.05) is 103 Å². The molecule has 3 N–H and O–H groups in total. The van der Waals surface area contributed by atoms with Crippen LogP contribution in [-0.2, 0) is 28.9 Å². The molecule has 0 saturated carbocycles. The van der Waals surface area contributed by atoms with Gasteiger partial charge in [0.1, 0.15) is 5.75 Å². The van der Waals surface area contributed by atoms with E-state index in [0.29, 0.717) is 24.4 Å². The first kappa shape index (κ1) is 37.3. The third-order valence-electron chi connectivity index (χ3n) is 11.5. The van der Waals surface area contributed by atoms with Gasteiger partial charge < -0.3 is 24.9 Å². The first-order valence-electron chi connectivity index (χ1n) is 19.0. The molecule has 1 unspecified atom stereocenters. The normalized spacial score (nSPS) is 19.2. The number of benzene rings is 4. The first-order chi connectivity index (χ1) is 26.2. The van der Waals surface area contributed by atoms with Gasteiger partial charge in [0.15, 0.2) is 0 Å². The molecule has 6 aromatic rings. The molecule has 4 aromatic carbocycles. The molecule has 1 amide bonds. The lowest BCUT2D eigenvalue weighted by Gasteiger charge is -2.36. The number of carbonyl (C=O) groups is 1. The number of anilines is 1. The number of H-pyrrole nitrogens is 1. The highest BCUT2D eigenvalue weighted by Crippen LogP contribution is 2.46. The average Bonchev–Trinajstić information content (AvgIpc) is 3.92. The molecule has 1 aliphatic rings. The third kappa shape index (κ3) is 8.21. The molecular formula is C44H51N5O4Si. The van der Waals surface area contributed by atoms with Crippen LogP contribution in [0.2, 0.25) is 18.6 Å². The van der Waals surface area contributed by atoms with Crippen LogP contribution >= 0.6 is 0 Å². The van der Waals surface area contributed by atoms with Crippen molar-refractivity contribution < 1.29 is 19.4 Å². The monoisotopic (exact) mass is 741 g/mol. The highest BCUT2D eigenvalue weighted by Gasteiger charge is 2.50. The first-order valence-corrected chi connectivity index (χ1v) is 22.1. The second kappa shape index (κ2) is 16.5. The number of rotatable bonds is 15. The van der Waals surface area contributed by atoms with E-state index in [1.165, 1.54) is 10.8 Å². The number of hydrogen-bond acceptors (Lipinski definition) is 6. The molecule has 10 heteroatoms. The number of nitrogens with zero attached hydrogens (tertiary/aromatic N) is 3. The van der Waals surface area contributed by atoms with Crippen molar-refractivity contribution in [3.8, 4) is 5.75 Å². The molecule has 0 spiro atoms. The number of aliphatic hydroxyl groups is 1. The number of carbonyl (C=O) groups excluding carboxylic acids is 1. The maximum atomic E-state index is 12.9. The number of aromatic amines is 1. The van der Waals surface area contributed by atoms with Gasteiger partial charge in [-0.2, -0.15) is 0 Å². The van der Waals surface area contributed by atoms with Crippen LogP contribution in [0.5, 0.6) is 5.75 Å². The Kier molecular flexibility index (Phi) is 11.4. The highest BCUT2D eigenvalue weighted by atomic mass is 28.3. The molecule has 1 saturated heterocycles. The van der Waals surface area contributed by atoms with Gasteiger partial charge in [0.05, 0.1) is 52.0 Å². The summed E-state index contributed by atoms with van der Waals surface area (Å²) in [6.07, 6.45) is 7.01. The van der Waals surface area contributed by atoms with E-state index in [-0.39, 0.29) is 30.6 Å². The van der Waals surface area contributed by atoms with Gasteiger partial charge in [-0.25, -0.2) is 0 Å². The Morgan fingerprint density at radius 1 is 0.963 bits per heavy atom. The maximum Gasteiger partial charge on any atom is 0.228 e. The van der Waals surface area contributed by atoms with Crippen molar-refractivity contribution in [2.45, 2.75) is 75.9 Å². The number of nitrogens with one attached hydrogen (secondary N) is 2. The second-order valence-corrected chi connectivity index (χ2v) is 19.9. The zero-order valence-corrected chi connectivity index (χ0v) is 32.6. The molecule has 1 fully saturated rings. The van der Waals surface area contributed by atoms with Crippen molar-refractivity contribution in [1.82, 2.24) is 20.0 Å². The number of fused-ring (bicyclic) bond motifs is 1. The van der Waals surface area contributed by atoms with E-state index in [1.807, 2.05) is 83.8 Å². The number of aliphatic hydroxyl groups excluding tert-OH is 1. The summed E-state index contributed by atoms with van der Waals surface area (Å²) in [6.45, 7) is 7.97. The number of aromatic nitrogens is 4. The minimum absolute atomic E-state index is 0.0273. The quantitative estimate of drug-likeness (QED) is 0.0941. The number of amides is 1. The summed E-state index contributed by atoms with van der Waals surface area (Å²) >= 11 is 0. The van der Waals surface area contributed by atoms with Gasteiger partial charge in [0.2, 0.25) is 5.91 Å². The Balaban J connectivity index is 1.01. The Morgan fingerprint density at radius 2 is 1.70 bits per heavy atom. The van der Waals surface area contributed by atoms with Gasteiger partial charge in [-0.15, -0.1) is 5.10 Å². The number of hydrogen-bond donors (Lipinski definition) is 3. The van der Waals surface area contributed by atoms with Crippen LogP contribution in [0.25, 0.3) is 10.9 Å². The van der Waals surface area contributed by atoms with Crippen molar-refractivity contribution in [3.63, 3.8) is 0 Å².